The molecular weight excluding hydrogens is 300 g/mol. The van der Waals surface area contributed by atoms with Gasteiger partial charge in [-0.25, -0.2) is 4.98 Å². The minimum absolute atomic E-state index is 0.0174. The third-order valence-corrected chi connectivity index (χ3v) is 4.46. The van der Waals surface area contributed by atoms with Gasteiger partial charge in [0.15, 0.2) is 0 Å². The van der Waals surface area contributed by atoms with Crippen molar-refractivity contribution in [3.8, 4) is 0 Å². The predicted molar refractivity (Wildman–Crippen MR) is 97.7 cm³/mol. The number of carbonyl (C=O) groups excluding carboxylic acids is 1. The number of nitrogens with two attached hydrogens (primary N) is 1. The number of rotatable bonds is 4. The topological polar surface area (TPSA) is 62.5 Å². The Hall–Kier alpha value is -2.82. The Morgan fingerprint density at radius 1 is 1.38 bits per heavy atom. The highest BCUT2D eigenvalue weighted by Crippen LogP contribution is 2.30. The number of carbonyl (C=O) groups is 1. The van der Waals surface area contributed by atoms with E-state index in [2.05, 4.69) is 41.2 Å². The van der Waals surface area contributed by atoms with Gasteiger partial charge in [0, 0.05) is 38.6 Å². The summed E-state index contributed by atoms with van der Waals surface area (Å²) in [7, 11) is 3.93. The molecule has 0 bridgehead atoms. The van der Waals surface area contributed by atoms with Crippen molar-refractivity contribution >= 4 is 23.5 Å². The molecule has 3 rings (SSSR count). The second-order valence-electron chi connectivity index (χ2n) is 6.17. The zero-order chi connectivity index (χ0) is 17.1. The fourth-order valence-corrected chi connectivity index (χ4v) is 3.02. The first-order chi connectivity index (χ1) is 11.5. The molecule has 1 atom stereocenters. The molecule has 24 heavy (non-hydrogen) atoms. The normalized spacial score (nSPS) is 16.4. The summed E-state index contributed by atoms with van der Waals surface area (Å²) in [5.41, 5.74) is 9.01. The van der Waals surface area contributed by atoms with Crippen LogP contribution in [0.15, 0.2) is 48.7 Å². The average molecular weight is 322 g/mol. The van der Waals surface area contributed by atoms with Crippen molar-refractivity contribution in [3.05, 3.63) is 59.8 Å². The molecule has 2 aromatic rings. The molecule has 1 amide bonds. The third-order valence-electron chi connectivity index (χ3n) is 4.46. The van der Waals surface area contributed by atoms with Crippen molar-refractivity contribution < 1.29 is 4.79 Å². The fraction of sp³-hybridized carbons (Fsp3) is 0.263. The number of pyridine rings is 1. The Kier molecular flexibility index (Phi) is 4.51. The largest absolute Gasteiger partial charge is 0.384 e. The highest BCUT2D eigenvalue weighted by atomic mass is 16.2. The van der Waals surface area contributed by atoms with Crippen LogP contribution in [0.3, 0.4) is 0 Å². The lowest BCUT2D eigenvalue weighted by atomic mass is 10.1. The van der Waals surface area contributed by atoms with E-state index in [9.17, 15) is 4.79 Å². The first-order valence-corrected chi connectivity index (χ1v) is 8.00. The number of para-hydroxylation sites is 1. The highest BCUT2D eigenvalue weighted by Gasteiger charge is 2.27. The SMILES string of the molecule is CN(CC1Cc2ccccc2N1C)C(=O)/C=C/c1ccc(N)nc1. The van der Waals surface area contributed by atoms with Crippen LogP contribution in [-0.4, -0.2) is 42.5 Å². The number of nitrogen functional groups attached to an aromatic ring is 1. The van der Waals surface area contributed by atoms with E-state index in [0.717, 1.165) is 12.0 Å². The van der Waals surface area contributed by atoms with Crippen molar-refractivity contribution in [3.63, 3.8) is 0 Å². The van der Waals surface area contributed by atoms with Crippen molar-refractivity contribution in [1.29, 1.82) is 0 Å². The van der Waals surface area contributed by atoms with Gasteiger partial charge >= 0.3 is 0 Å². The standard InChI is InChI=1S/C19H22N4O/c1-22(19(24)10-8-14-7-9-18(20)21-12-14)13-16-11-15-5-3-4-6-17(15)23(16)2/h3-10,12,16H,11,13H2,1-2H3,(H2,20,21)/b10-8+. The molecule has 1 aromatic heterocycles. The number of amides is 1. The van der Waals surface area contributed by atoms with Crippen molar-refractivity contribution in [2.24, 2.45) is 0 Å². The lowest BCUT2D eigenvalue weighted by molar-refractivity contribution is -0.124. The van der Waals surface area contributed by atoms with Gasteiger partial charge in [-0.3, -0.25) is 4.79 Å². The first kappa shape index (κ1) is 16.1. The number of benzene rings is 1. The molecule has 1 aliphatic heterocycles. The molecule has 2 heterocycles. The van der Waals surface area contributed by atoms with Gasteiger partial charge < -0.3 is 15.5 Å². The maximum absolute atomic E-state index is 12.3. The van der Waals surface area contributed by atoms with Gasteiger partial charge in [0.2, 0.25) is 5.91 Å². The van der Waals surface area contributed by atoms with E-state index in [1.54, 1.807) is 29.3 Å². The monoisotopic (exact) mass is 322 g/mol. The summed E-state index contributed by atoms with van der Waals surface area (Å²) in [6, 6.07) is 12.3. The molecule has 124 valence electrons. The van der Waals surface area contributed by atoms with Crippen LogP contribution in [0.2, 0.25) is 0 Å². The summed E-state index contributed by atoms with van der Waals surface area (Å²) in [6.07, 6.45) is 5.96. The Balaban J connectivity index is 1.60. The van der Waals surface area contributed by atoms with E-state index in [1.807, 2.05) is 13.1 Å². The van der Waals surface area contributed by atoms with E-state index >= 15 is 0 Å². The Morgan fingerprint density at radius 3 is 2.88 bits per heavy atom. The summed E-state index contributed by atoms with van der Waals surface area (Å²) in [6.45, 7) is 0.689. The summed E-state index contributed by atoms with van der Waals surface area (Å²) < 4.78 is 0. The van der Waals surface area contributed by atoms with Gasteiger partial charge in [-0.2, -0.15) is 0 Å². The minimum atomic E-state index is -0.0174. The third kappa shape index (κ3) is 3.40. The molecule has 5 nitrogen and oxygen atoms in total. The van der Waals surface area contributed by atoms with Crippen LogP contribution in [0.1, 0.15) is 11.1 Å². The van der Waals surface area contributed by atoms with Gasteiger partial charge in [0.1, 0.15) is 5.82 Å². The van der Waals surface area contributed by atoms with Crippen LogP contribution in [0.4, 0.5) is 11.5 Å². The highest BCUT2D eigenvalue weighted by molar-refractivity contribution is 5.91. The zero-order valence-corrected chi connectivity index (χ0v) is 14.0. The van der Waals surface area contributed by atoms with Crippen molar-refractivity contribution in [1.82, 2.24) is 9.88 Å². The van der Waals surface area contributed by atoms with Crippen LogP contribution < -0.4 is 10.6 Å². The molecule has 2 N–H and O–H groups in total. The van der Waals surface area contributed by atoms with E-state index in [1.165, 1.54) is 11.3 Å². The molecule has 0 radical (unpaired) electrons. The van der Waals surface area contributed by atoms with E-state index in [4.69, 9.17) is 5.73 Å². The molecule has 1 unspecified atom stereocenters. The fourth-order valence-electron chi connectivity index (χ4n) is 3.02. The maximum Gasteiger partial charge on any atom is 0.246 e. The number of aromatic nitrogens is 1. The van der Waals surface area contributed by atoms with Crippen LogP contribution in [-0.2, 0) is 11.2 Å². The number of anilines is 2. The van der Waals surface area contributed by atoms with Gasteiger partial charge in [-0.05, 0) is 41.8 Å². The number of nitrogens with zero attached hydrogens (tertiary/aromatic N) is 3. The molecule has 0 saturated heterocycles. The van der Waals surface area contributed by atoms with Gasteiger partial charge in [0.25, 0.3) is 0 Å². The Bertz CT molecular complexity index is 754. The van der Waals surface area contributed by atoms with Crippen LogP contribution >= 0.6 is 0 Å². The molecule has 1 aliphatic rings. The van der Waals surface area contributed by atoms with Crippen LogP contribution in [0.25, 0.3) is 6.08 Å². The number of likely N-dealkylation sites (N-methyl/N-ethyl adjacent to an activating group) is 2. The van der Waals surface area contributed by atoms with Crippen molar-refractivity contribution in [2.75, 3.05) is 31.3 Å². The Morgan fingerprint density at radius 2 is 2.17 bits per heavy atom. The smallest absolute Gasteiger partial charge is 0.246 e. The first-order valence-electron chi connectivity index (χ1n) is 8.00. The van der Waals surface area contributed by atoms with Gasteiger partial charge in [-0.15, -0.1) is 0 Å². The summed E-state index contributed by atoms with van der Waals surface area (Å²) in [5.74, 6) is 0.454. The number of hydrogen-bond acceptors (Lipinski definition) is 4. The second-order valence-corrected chi connectivity index (χ2v) is 6.17. The average Bonchev–Trinajstić information content (AvgIpc) is 2.90. The number of fused-ring (bicyclic) bond motifs is 1. The van der Waals surface area contributed by atoms with Gasteiger partial charge in [-0.1, -0.05) is 18.2 Å². The zero-order valence-electron chi connectivity index (χ0n) is 14.0. The molecule has 0 spiro atoms. The van der Waals surface area contributed by atoms with Crippen molar-refractivity contribution in [2.45, 2.75) is 12.5 Å². The maximum atomic E-state index is 12.3. The summed E-state index contributed by atoms with van der Waals surface area (Å²) >= 11 is 0. The summed E-state index contributed by atoms with van der Waals surface area (Å²) in [5, 5.41) is 0. The molecule has 1 aromatic carbocycles. The lowest BCUT2D eigenvalue weighted by Gasteiger charge is -2.27. The lowest BCUT2D eigenvalue weighted by Crippen LogP contribution is -2.40. The van der Waals surface area contributed by atoms with Crippen LogP contribution in [0, 0.1) is 0 Å². The number of hydrogen-bond donors (Lipinski definition) is 1. The predicted octanol–water partition coefficient (Wildman–Crippen LogP) is 2.20. The molecule has 5 heteroatoms. The molecule has 0 fully saturated rings. The quantitative estimate of drug-likeness (QED) is 0.877. The van der Waals surface area contributed by atoms with E-state index in [0.29, 0.717) is 18.4 Å². The molecule has 0 aliphatic carbocycles. The van der Waals surface area contributed by atoms with Crippen LogP contribution in [0.5, 0.6) is 0 Å². The molecule has 0 saturated carbocycles. The second kappa shape index (κ2) is 6.74. The summed E-state index contributed by atoms with van der Waals surface area (Å²) in [4.78, 5) is 20.4. The van der Waals surface area contributed by atoms with E-state index in [-0.39, 0.29) is 5.91 Å². The minimum Gasteiger partial charge on any atom is -0.384 e. The molecular formula is C19H22N4O. The Labute approximate surface area is 142 Å². The van der Waals surface area contributed by atoms with Gasteiger partial charge in [0.05, 0.1) is 6.04 Å². The van der Waals surface area contributed by atoms with E-state index < -0.39 is 0 Å².